The molecule has 3 nitrogen and oxygen atoms in total. The molecule has 0 fully saturated rings. The zero-order valence-electron chi connectivity index (χ0n) is 10.4. The Labute approximate surface area is 120 Å². The van der Waals surface area contributed by atoms with Crippen molar-refractivity contribution in [3.8, 4) is 5.75 Å². The summed E-state index contributed by atoms with van der Waals surface area (Å²) in [6.07, 6.45) is -1.28. The predicted molar refractivity (Wildman–Crippen MR) is 73.6 cm³/mol. The van der Waals surface area contributed by atoms with Crippen molar-refractivity contribution >= 4 is 17.6 Å². The van der Waals surface area contributed by atoms with Crippen LogP contribution in [0.5, 0.6) is 5.75 Å². The summed E-state index contributed by atoms with van der Waals surface area (Å²) >= 11 is 5.92. The summed E-state index contributed by atoms with van der Waals surface area (Å²) in [5.41, 5.74) is 0.284. The molecule has 0 aromatic heterocycles. The largest absolute Gasteiger partial charge is 0.478 e. The number of carboxylic acid groups (broad SMARTS) is 1. The van der Waals surface area contributed by atoms with Gasteiger partial charge >= 0.3 is 5.97 Å². The topological polar surface area (TPSA) is 46.5 Å². The van der Waals surface area contributed by atoms with Crippen LogP contribution in [0.1, 0.15) is 5.56 Å². The molecule has 2 aromatic rings. The van der Waals surface area contributed by atoms with Gasteiger partial charge in [0.2, 0.25) is 0 Å². The first-order valence-corrected chi connectivity index (χ1v) is 6.33. The van der Waals surface area contributed by atoms with E-state index < -0.39 is 17.9 Å². The summed E-state index contributed by atoms with van der Waals surface area (Å²) in [6.45, 7) is 0. The summed E-state index contributed by atoms with van der Waals surface area (Å²) in [4.78, 5) is 11.2. The molecule has 0 amide bonds. The second-order valence-electron chi connectivity index (χ2n) is 4.17. The van der Waals surface area contributed by atoms with E-state index in [0.717, 1.165) is 0 Å². The maximum atomic E-state index is 13.6. The number of carbonyl (C=O) groups is 1. The van der Waals surface area contributed by atoms with Gasteiger partial charge in [0.1, 0.15) is 11.6 Å². The number of hydrogen-bond acceptors (Lipinski definition) is 2. The first-order chi connectivity index (χ1) is 9.58. The number of halogens is 2. The van der Waals surface area contributed by atoms with E-state index in [1.807, 2.05) is 0 Å². The summed E-state index contributed by atoms with van der Waals surface area (Å²) in [7, 11) is 0. The molecule has 0 unspecified atom stereocenters. The summed E-state index contributed by atoms with van der Waals surface area (Å²) in [6, 6.07) is 12.6. The number of hydrogen-bond donors (Lipinski definition) is 1. The van der Waals surface area contributed by atoms with E-state index in [0.29, 0.717) is 5.02 Å². The summed E-state index contributed by atoms with van der Waals surface area (Å²) in [5, 5.41) is 9.50. The van der Waals surface area contributed by atoms with Crippen LogP contribution in [0.4, 0.5) is 4.39 Å². The van der Waals surface area contributed by atoms with Crippen molar-refractivity contribution in [1.82, 2.24) is 0 Å². The van der Waals surface area contributed by atoms with Gasteiger partial charge in [-0.1, -0.05) is 41.9 Å². The van der Waals surface area contributed by atoms with Crippen LogP contribution in [0.25, 0.3) is 0 Å². The normalized spacial score (nSPS) is 11.9. The number of carboxylic acids is 1. The third-order valence-corrected chi connectivity index (χ3v) is 3.06. The minimum atomic E-state index is -1.20. The quantitative estimate of drug-likeness (QED) is 0.917. The highest BCUT2D eigenvalue weighted by Gasteiger charge is 2.22. The predicted octanol–water partition coefficient (Wildman–Crippen LogP) is 3.55. The molecule has 0 aliphatic rings. The first-order valence-electron chi connectivity index (χ1n) is 5.95. The fraction of sp³-hybridized carbons (Fsp3) is 0.133. The van der Waals surface area contributed by atoms with Crippen LogP contribution in [-0.4, -0.2) is 17.2 Å². The third-order valence-electron chi connectivity index (χ3n) is 2.74. The van der Waals surface area contributed by atoms with E-state index >= 15 is 0 Å². The van der Waals surface area contributed by atoms with Crippen LogP contribution in [0, 0.1) is 5.82 Å². The van der Waals surface area contributed by atoms with Crippen LogP contribution in [-0.2, 0) is 11.2 Å². The van der Waals surface area contributed by atoms with Crippen molar-refractivity contribution in [2.75, 3.05) is 0 Å². The lowest BCUT2D eigenvalue weighted by atomic mass is 10.1. The highest BCUT2D eigenvalue weighted by molar-refractivity contribution is 6.32. The van der Waals surface area contributed by atoms with E-state index in [1.165, 1.54) is 12.1 Å². The Bertz CT molecular complexity index is 568. The second kappa shape index (κ2) is 6.39. The molecule has 2 rings (SSSR count). The standard InChI is InChI=1S/C15H12ClFO3/c16-11-6-2-4-8-13(11)20-14(15(18)19)9-10-5-1-3-7-12(10)17/h1-8,14H,9H2,(H,18,19)/t14-/m0/s1. The lowest BCUT2D eigenvalue weighted by Gasteiger charge is -2.16. The van der Waals surface area contributed by atoms with Crippen LogP contribution in [0.2, 0.25) is 5.02 Å². The highest BCUT2D eigenvalue weighted by Crippen LogP contribution is 2.25. The molecule has 0 saturated carbocycles. The third kappa shape index (κ3) is 3.48. The van der Waals surface area contributed by atoms with Crippen molar-refractivity contribution < 1.29 is 19.0 Å². The van der Waals surface area contributed by atoms with E-state index in [2.05, 4.69) is 0 Å². The molecule has 0 spiro atoms. The Kier molecular flexibility index (Phi) is 4.58. The lowest BCUT2D eigenvalue weighted by Crippen LogP contribution is -2.29. The summed E-state index contributed by atoms with van der Waals surface area (Å²) in [5.74, 6) is -1.37. The molecule has 0 bridgehead atoms. The van der Waals surface area contributed by atoms with Crippen LogP contribution >= 0.6 is 11.6 Å². The van der Waals surface area contributed by atoms with Gasteiger partial charge in [-0.25, -0.2) is 9.18 Å². The smallest absolute Gasteiger partial charge is 0.345 e. The zero-order chi connectivity index (χ0) is 14.5. The van der Waals surface area contributed by atoms with Gasteiger partial charge < -0.3 is 9.84 Å². The zero-order valence-corrected chi connectivity index (χ0v) is 11.2. The van der Waals surface area contributed by atoms with Gasteiger partial charge in [0.25, 0.3) is 0 Å². The minimum Gasteiger partial charge on any atom is -0.478 e. The Morgan fingerprint density at radius 3 is 2.50 bits per heavy atom. The van der Waals surface area contributed by atoms with Crippen molar-refractivity contribution in [2.24, 2.45) is 0 Å². The van der Waals surface area contributed by atoms with Gasteiger partial charge in [-0.2, -0.15) is 0 Å². The van der Waals surface area contributed by atoms with E-state index in [1.54, 1.807) is 36.4 Å². The maximum absolute atomic E-state index is 13.6. The Morgan fingerprint density at radius 2 is 1.85 bits per heavy atom. The average molecular weight is 295 g/mol. The summed E-state index contributed by atoms with van der Waals surface area (Å²) < 4.78 is 18.9. The minimum absolute atomic E-state index is 0.0762. The van der Waals surface area contributed by atoms with E-state index in [4.69, 9.17) is 16.3 Å². The molecular weight excluding hydrogens is 283 g/mol. The first kappa shape index (κ1) is 14.3. The molecule has 0 saturated heterocycles. The Balaban J connectivity index is 2.19. The van der Waals surface area contributed by atoms with Crippen molar-refractivity contribution in [1.29, 1.82) is 0 Å². The molecule has 1 atom stereocenters. The lowest BCUT2D eigenvalue weighted by molar-refractivity contribution is -0.145. The fourth-order valence-corrected chi connectivity index (χ4v) is 1.92. The Hall–Kier alpha value is -2.07. The van der Waals surface area contributed by atoms with Gasteiger partial charge in [0.15, 0.2) is 6.10 Å². The molecular formula is C15H12ClFO3. The number of rotatable bonds is 5. The van der Waals surface area contributed by atoms with Gasteiger partial charge in [-0.15, -0.1) is 0 Å². The number of ether oxygens (including phenoxy) is 1. The van der Waals surface area contributed by atoms with Gasteiger partial charge in [0.05, 0.1) is 5.02 Å². The molecule has 0 aliphatic carbocycles. The SMILES string of the molecule is O=C(O)[C@H](Cc1ccccc1F)Oc1ccccc1Cl. The van der Waals surface area contributed by atoms with Gasteiger partial charge in [-0.05, 0) is 23.8 Å². The van der Waals surface area contributed by atoms with Gasteiger partial charge in [0, 0.05) is 6.42 Å². The average Bonchev–Trinajstić information content (AvgIpc) is 2.42. The molecule has 1 N–H and O–H groups in total. The molecule has 0 aliphatic heterocycles. The molecule has 2 aromatic carbocycles. The molecule has 0 heterocycles. The molecule has 104 valence electrons. The molecule has 20 heavy (non-hydrogen) atoms. The van der Waals surface area contributed by atoms with E-state index in [-0.39, 0.29) is 17.7 Å². The number of para-hydroxylation sites is 1. The van der Waals surface area contributed by atoms with Crippen LogP contribution < -0.4 is 4.74 Å². The maximum Gasteiger partial charge on any atom is 0.345 e. The molecule has 0 radical (unpaired) electrons. The van der Waals surface area contributed by atoms with Gasteiger partial charge in [-0.3, -0.25) is 0 Å². The Morgan fingerprint density at radius 1 is 1.20 bits per heavy atom. The monoisotopic (exact) mass is 294 g/mol. The number of benzene rings is 2. The van der Waals surface area contributed by atoms with Crippen LogP contribution in [0.15, 0.2) is 48.5 Å². The van der Waals surface area contributed by atoms with Crippen molar-refractivity contribution in [3.05, 3.63) is 64.9 Å². The van der Waals surface area contributed by atoms with Crippen LogP contribution in [0.3, 0.4) is 0 Å². The highest BCUT2D eigenvalue weighted by atomic mass is 35.5. The van der Waals surface area contributed by atoms with E-state index in [9.17, 15) is 14.3 Å². The second-order valence-corrected chi connectivity index (χ2v) is 4.58. The van der Waals surface area contributed by atoms with Crippen molar-refractivity contribution in [3.63, 3.8) is 0 Å². The fourth-order valence-electron chi connectivity index (χ4n) is 1.74. The molecule has 5 heteroatoms. The van der Waals surface area contributed by atoms with Crippen molar-refractivity contribution in [2.45, 2.75) is 12.5 Å². The number of aliphatic carboxylic acids is 1.